The second-order valence-electron chi connectivity index (χ2n) is 3.22. The topological polar surface area (TPSA) is 41.1 Å². The molecule has 0 bridgehead atoms. The molecule has 14 heavy (non-hydrogen) atoms. The summed E-state index contributed by atoms with van der Waals surface area (Å²) < 4.78 is 0. The standard InChI is InChI=1S/C10H16N2OS/c1-3-11-8(2)6-10(13)12-9-4-5-14-7-9/h4-5,7-8,11H,3,6H2,1-2H3,(H,12,13). The van der Waals surface area contributed by atoms with Gasteiger partial charge >= 0.3 is 0 Å². The molecule has 1 atom stereocenters. The summed E-state index contributed by atoms with van der Waals surface area (Å²) in [6, 6.07) is 2.14. The number of anilines is 1. The predicted octanol–water partition coefficient (Wildman–Crippen LogP) is 2.07. The lowest BCUT2D eigenvalue weighted by Crippen LogP contribution is -2.30. The van der Waals surface area contributed by atoms with Crippen molar-refractivity contribution in [3.8, 4) is 0 Å². The summed E-state index contributed by atoms with van der Waals surface area (Å²) in [4.78, 5) is 11.4. The molecule has 1 unspecified atom stereocenters. The third-order valence-corrected chi connectivity index (χ3v) is 2.53. The number of thiophene rings is 1. The van der Waals surface area contributed by atoms with E-state index < -0.39 is 0 Å². The number of hydrogen-bond acceptors (Lipinski definition) is 3. The molecule has 3 nitrogen and oxygen atoms in total. The quantitative estimate of drug-likeness (QED) is 0.784. The van der Waals surface area contributed by atoms with Crippen LogP contribution in [0, 0.1) is 0 Å². The van der Waals surface area contributed by atoms with E-state index >= 15 is 0 Å². The summed E-state index contributed by atoms with van der Waals surface area (Å²) in [6.07, 6.45) is 0.518. The second-order valence-corrected chi connectivity index (χ2v) is 4.00. The van der Waals surface area contributed by atoms with E-state index in [0.717, 1.165) is 12.2 Å². The van der Waals surface area contributed by atoms with Gasteiger partial charge in [0.1, 0.15) is 0 Å². The summed E-state index contributed by atoms with van der Waals surface area (Å²) in [5.74, 6) is 0.0665. The van der Waals surface area contributed by atoms with Crippen molar-refractivity contribution < 1.29 is 4.79 Å². The fourth-order valence-electron chi connectivity index (χ4n) is 1.25. The van der Waals surface area contributed by atoms with Crippen LogP contribution in [0.5, 0.6) is 0 Å². The molecule has 0 saturated carbocycles. The highest BCUT2D eigenvalue weighted by Crippen LogP contribution is 2.12. The maximum Gasteiger partial charge on any atom is 0.225 e. The lowest BCUT2D eigenvalue weighted by molar-refractivity contribution is -0.116. The molecule has 0 aromatic carbocycles. The van der Waals surface area contributed by atoms with Gasteiger partial charge in [-0.15, -0.1) is 0 Å². The van der Waals surface area contributed by atoms with Gasteiger partial charge in [-0.1, -0.05) is 6.92 Å². The number of carbonyl (C=O) groups excluding carboxylic acids is 1. The van der Waals surface area contributed by atoms with Crippen LogP contribution in [0.25, 0.3) is 0 Å². The predicted molar refractivity (Wildman–Crippen MR) is 60.7 cm³/mol. The Hall–Kier alpha value is -0.870. The summed E-state index contributed by atoms with van der Waals surface area (Å²) in [5.41, 5.74) is 0.892. The van der Waals surface area contributed by atoms with Crippen LogP contribution in [-0.4, -0.2) is 18.5 Å². The summed E-state index contributed by atoms with van der Waals surface area (Å²) in [5, 5.41) is 9.91. The molecule has 1 amide bonds. The van der Waals surface area contributed by atoms with Crippen molar-refractivity contribution in [2.75, 3.05) is 11.9 Å². The molecule has 1 heterocycles. The first-order valence-corrected chi connectivity index (χ1v) is 5.72. The van der Waals surface area contributed by atoms with Gasteiger partial charge in [-0.05, 0) is 24.9 Å². The van der Waals surface area contributed by atoms with Crippen LogP contribution in [0.1, 0.15) is 20.3 Å². The molecule has 2 N–H and O–H groups in total. The summed E-state index contributed by atoms with van der Waals surface area (Å²) in [6.45, 7) is 4.94. The SMILES string of the molecule is CCNC(C)CC(=O)Nc1ccsc1. The van der Waals surface area contributed by atoms with Crippen LogP contribution in [0.15, 0.2) is 16.8 Å². The first-order chi connectivity index (χ1) is 6.72. The molecule has 1 aromatic rings. The third-order valence-electron chi connectivity index (χ3n) is 1.85. The molecule has 0 aliphatic carbocycles. The molecule has 4 heteroatoms. The maximum absolute atomic E-state index is 11.4. The lowest BCUT2D eigenvalue weighted by atomic mass is 10.2. The van der Waals surface area contributed by atoms with Crippen LogP contribution < -0.4 is 10.6 Å². The molecular weight excluding hydrogens is 196 g/mol. The van der Waals surface area contributed by atoms with E-state index in [0.29, 0.717) is 6.42 Å². The number of hydrogen-bond donors (Lipinski definition) is 2. The molecule has 1 aromatic heterocycles. The zero-order valence-corrected chi connectivity index (χ0v) is 9.36. The van der Waals surface area contributed by atoms with Gasteiger partial charge in [-0.25, -0.2) is 0 Å². The maximum atomic E-state index is 11.4. The van der Waals surface area contributed by atoms with Crippen molar-refractivity contribution in [2.45, 2.75) is 26.3 Å². The van der Waals surface area contributed by atoms with E-state index in [-0.39, 0.29) is 11.9 Å². The Kier molecular flexibility index (Phi) is 4.62. The zero-order valence-electron chi connectivity index (χ0n) is 8.54. The van der Waals surface area contributed by atoms with Gasteiger partial charge in [-0.2, -0.15) is 11.3 Å². The average molecular weight is 212 g/mol. The van der Waals surface area contributed by atoms with Crippen LogP contribution in [0.2, 0.25) is 0 Å². The molecule has 0 aliphatic heterocycles. The van der Waals surface area contributed by atoms with Crippen molar-refractivity contribution in [2.24, 2.45) is 0 Å². The monoisotopic (exact) mass is 212 g/mol. The molecular formula is C10H16N2OS. The molecule has 0 fully saturated rings. The van der Waals surface area contributed by atoms with Gasteiger partial charge in [-0.3, -0.25) is 4.79 Å². The van der Waals surface area contributed by atoms with Gasteiger partial charge in [0.15, 0.2) is 0 Å². The first kappa shape index (κ1) is 11.2. The Morgan fingerprint density at radius 2 is 2.43 bits per heavy atom. The van der Waals surface area contributed by atoms with E-state index in [4.69, 9.17) is 0 Å². The highest BCUT2D eigenvalue weighted by Gasteiger charge is 2.07. The van der Waals surface area contributed by atoms with E-state index in [1.54, 1.807) is 11.3 Å². The van der Waals surface area contributed by atoms with Crippen molar-refractivity contribution >= 4 is 22.9 Å². The Labute approximate surface area is 88.5 Å². The van der Waals surface area contributed by atoms with E-state index in [9.17, 15) is 4.79 Å². The van der Waals surface area contributed by atoms with Crippen LogP contribution in [-0.2, 0) is 4.79 Å². The van der Waals surface area contributed by atoms with Gasteiger partial charge < -0.3 is 10.6 Å². The van der Waals surface area contributed by atoms with E-state index in [1.807, 2.05) is 30.7 Å². The van der Waals surface area contributed by atoms with Crippen LogP contribution in [0.4, 0.5) is 5.69 Å². The summed E-state index contributed by atoms with van der Waals surface area (Å²) in [7, 11) is 0. The minimum Gasteiger partial charge on any atom is -0.325 e. The molecule has 1 rings (SSSR count). The van der Waals surface area contributed by atoms with E-state index in [1.165, 1.54) is 0 Å². The lowest BCUT2D eigenvalue weighted by Gasteiger charge is -2.11. The van der Waals surface area contributed by atoms with Crippen LogP contribution >= 0.6 is 11.3 Å². The highest BCUT2D eigenvalue weighted by molar-refractivity contribution is 7.08. The van der Waals surface area contributed by atoms with Crippen molar-refractivity contribution in [3.05, 3.63) is 16.8 Å². The Balaban J connectivity index is 2.29. The summed E-state index contributed by atoms with van der Waals surface area (Å²) >= 11 is 1.58. The van der Waals surface area contributed by atoms with Crippen LogP contribution in [0.3, 0.4) is 0 Å². The first-order valence-electron chi connectivity index (χ1n) is 4.77. The third kappa shape index (κ3) is 3.89. The minimum absolute atomic E-state index is 0.0665. The Morgan fingerprint density at radius 1 is 1.64 bits per heavy atom. The fourth-order valence-corrected chi connectivity index (χ4v) is 1.83. The Bertz CT molecular complexity index is 272. The fraction of sp³-hybridized carbons (Fsp3) is 0.500. The van der Waals surface area contributed by atoms with Crippen molar-refractivity contribution in [1.29, 1.82) is 0 Å². The van der Waals surface area contributed by atoms with Gasteiger partial charge in [0.25, 0.3) is 0 Å². The van der Waals surface area contributed by atoms with Crippen molar-refractivity contribution in [3.63, 3.8) is 0 Å². The van der Waals surface area contributed by atoms with Gasteiger partial charge in [0.2, 0.25) is 5.91 Å². The molecule has 0 aliphatic rings. The Morgan fingerprint density at radius 3 is 3.00 bits per heavy atom. The molecule has 0 saturated heterocycles. The zero-order chi connectivity index (χ0) is 10.4. The largest absolute Gasteiger partial charge is 0.325 e. The molecule has 78 valence electrons. The number of amides is 1. The second kappa shape index (κ2) is 5.78. The average Bonchev–Trinajstić information content (AvgIpc) is 2.56. The smallest absolute Gasteiger partial charge is 0.225 e. The van der Waals surface area contributed by atoms with Crippen molar-refractivity contribution in [1.82, 2.24) is 5.32 Å². The number of rotatable bonds is 5. The normalized spacial score (nSPS) is 12.4. The number of carbonyl (C=O) groups is 1. The van der Waals surface area contributed by atoms with E-state index in [2.05, 4.69) is 10.6 Å². The number of nitrogens with one attached hydrogen (secondary N) is 2. The van der Waals surface area contributed by atoms with Gasteiger partial charge in [0, 0.05) is 17.8 Å². The minimum atomic E-state index is 0.0665. The van der Waals surface area contributed by atoms with Gasteiger partial charge in [0.05, 0.1) is 5.69 Å². The highest BCUT2D eigenvalue weighted by atomic mass is 32.1. The molecule has 0 spiro atoms. The molecule has 0 radical (unpaired) electrons.